The molecule has 2 heteroatoms. The van der Waals surface area contributed by atoms with Crippen molar-refractivity contribution < 1.29 is 4.74 Å². The standard InChI is InChI=1S/C17H23NO/c1-3-4-7-12-18-13-16-15-9-6-5-8-14(15)10-11-17(16)19-2/h5-6,8-11,18H,3-4,7,12-13H2,1-2H3. The minimum Gasteiger partial charge on any atom is -0.496 e. The summed E-state index contributed by atoms with van der Waals surface area (Å²) in [7, 11) is 1.74. The first-order valence-corrected chi connectivity index (χ1v) is 7.12. The Morgan fingerprint density at radius 2 is 1.89 bits per heavy atom. The number of rotatable bonds is 7. The maximum absolute atomic E-state index is 5.49. The van der Waals surface area contributed by atoms with Gasteiger partial charge in [-0.2, -0.15) is 0 Å². The molecule has 1 N–H and O–H groups in total. The average Bonchev–Trinajstić information content (AvgIpc) is 2.47. The highest BCUT2D eigenvalue weighted by Gasteiger charge is 2.07. The van der Waals surface area contributed by atoms with Crippen molar-refractivity contribution in [3.05, 3.63) is 42.0 Å². The van der Waals surface area contributed by atoms with Crippen molar-refractivity contribution in [2.45, 2.75) is 32.7 Å². The normalized spacial score (nSPS) is 10.8. The van der Waals surface area contributed by atoms with Gasteiger partial charge in [-0.1, -0.05) is 50.1 Å². The van der Waals surface area contributed by atoms with Crippen molar-refractivity contribution in [2.24, 2.45) is 0 Å². The third kappa shape index (κ3) is 3.48. The topological polar surface area (TPSA) is 21.3 Å². The molecule has 0 aromatic heterocycles. The van der Waals surface area contributed by atoms with E-state index >= 15 is 0 Å². The zero-order valence-electron chi connectivity index (χ0n) is 11.9. The summed E-state index contributed by atoms with van der Waals surface area (Å²) in [6.45, 7) is 4.17. The Kier molecular flexibility index (Phi) is 5.22. The Morgan fingerprint density at radius 1 is 1.05 bits per heavy atom. The van der Waals surface area contributed by atoms with E-state index in [0.717, 1.165) is 18.8 Å². The Labute approximate surface area is 115 Å². The highest BCUT2D eigenvalue weighted by atomic mass is 16.5. The third-order valence-corrected chi connectivity index (χ3v) is 3.48. The van der Waals surface area contributed by atoms with E-state index in [2.05, 4.69) is 48.6 Å². The number of benzene rings is 2. The van der Waals surface area contributed by atoms with Gasteiger partial charge in [-0.15, -0.1) is 0 Å². The number of methoxy groups -OCH3 is 1. The zero-order valence-corrected chi connectivity index (χ0v) is 11.9. The molecular formula is C17H23NO. The molecule has 0 bridgehead atoms. The second kappa shape index (κ2) is 7.15. The van der Waals surface area contributed by atoms with Gasteiger partial charge in [0.05, 0.1) is 7.11 Å². The lowest BCUT2D eigenvalue weighted by molar-refractivity contribution is 0.408. The van der Waals surface area contributed by atoms with Crippen LogP contribution in [0.3, 0.4) is 0 Å². The molecule has 19 heavy (non-hydrogen) atoms. The first-order valence-electron chi connectivity index (χ1n) is 7.12. The quantitative estimate of drug-likeness (QED) is 0.753. The van der Waals surface area contributed by atoms with E-state index in [1.54, 1.807) is 7.11 Å². The second-order valence-corrected chi connectivity index (χ2v) is 4.85. The van der Waals surface area contributed by atoms with Crippen LogP contribution in [0.4, 0.5) is 0 Å². The molecule has 0 aliphatic rings. The van der Waals surface area contributed by atoms with E-state index in [-0.39, 0.29) is 0 Å². The largest absolute Gasteiger partial charge is 0.496 e. The van der Waals surface area contributed by atoms with Gasteiger partial charge in [0, 0.05) is 12.1 Å². The first-order chi connectivity index (χ1) is 9.36. The van der Waals surface area contributed by atoms with Gasteiger partial charge in [0.2, 0.25) is 0 Å². The first kappa shape index (κ1) is 13.9. The van der Waals surface area contributed by atoms with Crippen molar-refractivity contribution in [3.8, 4) is 5.75 Å². The number of hydrogen-bond donors (Lipinski definition) is 1. The van der Waals surface area contributed by atoms with Gasteiger partial charge in [-0.25, -0.2) is 0 Å². The van der Waals surface area contributed by atoms with Crippen LogP contribution in [-0.4, -0.2) is 13.7 Å². The van der Waals surface area contributed by atoms with Crippen LogP contribution in [0.1, 0.15) is 31.7 Å². The number of ether oxygens (including phenoxy) is 1. The van der Waals surface area contributed by atoms with Crippen molar-refractivity contribution in [2.75, 3.05) is 13.7 Å². The summed E-state index contributed by atoms with van der Waals surface area (Å²) >= 11 is 0. The molecule has 0 spiro atoms. The van der Waals surface area contributed by atoms with Crippen LogP contribution in [0.15, 0.2) is 36.4 Å². The molecule has 102 valence electrons. The zero-order chi connectivity index (χ0) is 13.5. The fourth-order valence-electron chi connectivity index (χ4n) is 2.40. The summed E-state index contributed by atoms with van der Waals surface area (Å²) in [6, 6.07) is 12.7. The second-order valence-electron chi connectivity index (χ2n) is 4.85. The fourth-order valence-corrected chi connectivity index (χ4v) is 2.40. The molecule has 0 saturated carbocycles. The highest BCUT2D eigenvalue weighted by molar-refractivity contribution is 5.87. The van der Waals surface area contributed by atoms with Crippen LogP contribution in [0.2, 0.25) is 0 Å². The summed E-state index contributed by atoms with van der Waals surface area (Å²) in [6.07, 6.45) is 3.79. The molecule has 0 heterocycles. The minimum absolute atomic E-state index is 0.869. The predicted molar refractivity (Wildman–Crippen MR) is 81.7 cm³/mol. The number of hydrogen-bond acceptors (Lipinski definition) is 2. The minimum atomic E-state index is 0.869. The lowest BCUT2D eigenvalue weighted by atomic mass is 10.0. The van der Waals surface area contributed by atoms with Gasteiger partial charge in [-0.05, 0) is 29.8 Å². The Bertz CT molecular complexity index is 522. The van der Waals surface area contributed by atoms with Crippen molar-refractivity contribution >= 4 is 10.8 Å². The van der Waals surface area contributed by atoms with Crippen LogP contribution >= 0.6 is 0 Å². The van der Waals surface area contributed by atoms with Gasteiger partial charge in [-0.3, -0.25) is 0 Å². The van der Waals surface area contributed by atoms with E-state index < -0.39 is 0 Å². The number of nitrogens with one attached hydrogen (secondary N) is 1. The van der Waals surface area contributed by atoms with Crippen LogP contribution < -0.4 is 10.1 Å². The van der Waals surface area contributed by atoms with Crippen molar-refractivity contribution in [1.82, 2.24) is 5.32 Å². The Balaban J connectivity index is 2.14. The van der Waals surface area contributed by atoms with E-state index in [0.29, 0.717) is 0 Å². The molecule has 2 aromatic rings. The summed E-state index contributed by atoms with van der Waals surface area (Å²) in [5.41, 5.74) is 1.26. The Hall–Kier alpha value is -1.54. The van der Waals surface area contributed by atoms with Gasteiger partial charge in [0.15, 0.2) is 0 Å². The molecule has 2 rings (SSSR count). The molecule has 0 saturated heterocycles. The van der Waals surface area contributed by atoms with E-state index in [9.17, 15) is 0 Å². The van der Waals surface area contributed by atoms with Gasteiger partial charge in [0.25, 0.3) is 0 Å². The number of unbranched alkanes of at least 4 members (excludes halogenated alkanes) is 2. The summed E-state index contributed by atoms with van der Waals surface area (Å²) in [5, 5.41) is 6.08. The molecule has 0 aliphatic heterocycles. The lowest BCUT2D eigenvalue weighted by Gasteiger charge is -2.13. The Morgan fingerprint density at radius 3 is 2.68 bits per heavy atom. The molecule has 0 radical (unpaired) electrons. The molecule has 2 aromatic carbocycles. The predicted octanol–water partition coefficient (Wildman–Crippen LogP) is 4.13. The molecular weight excluding hydrogens is 234 g/mol. The van der Waals surface area contributed by atoms with Gasteiger partial charge < -0.3 is 10.1 Å². The van der Waals surface area contributed by atoms with Gasteiger partial charge in [0.1, 0.15) is 5.75 Å². The van der Waals surface area contributed by atoms with E-state index in [4.69, 9.17) is 4.74 Å². The SMILES string of the molecule is CCCCCNCc1c(OC)ccc2ccccc12. The van der Waals surface area contributed by atoms with E-state index in [1.165, 1.54) is 35.6 Å². The van der Waals surface area contributed by atoms with Crippen LogP contribution in [0, 0.1) is 0 Å². The lowest BCUT2D eigenvalue weighted by Crippen LogP contribution is -2.15. The van der Waals surface area contributed by atoms with Crippen LogP contribution in [0.5, 0.6) is 5.75 Å². The molecule has 0 fully saturated rings. The smallest absolute Gasteiger partial charge is 0.123 e. The van der Waals surface area contributed by atoms with Crippen molar-refractivity contribution in [1.29, 1.82) is 0 Å². The number of fused-ring (bicyclic) bond motifs is 1. The molecule has 0 amide bonds. The third-order valence-electron chi connectivity index (χ3n) is 3.48. The molecule has 0 aliphatic carbocycles. The average molecular weight is 257 g/mol. The fraction of sp³-hybridized carbons (Fsp3) is 0.412. The maximum Gasteiger partial charge on any atom is 0.123 e. The van der Waals surface area contributed by atoms with Crippen LogP contribution in [-0.2, 0) is 6.54 Å². The molecule has 0 unspecified atom stereocenters. The van der Waals surface area contributed by atoms with Crippen LogP contribution in [0.25, 0.3) is 10.8 Å². The van der Waals surface area contributed by atoms with E-state index in [1.807, 2.05) is 0 Å². The molecule has 0 atom stereocenters. The highest BCUT2D eigenvalue weighted by Crippen LogP contribution is 2.27. The monoisotopic (exact) mass is 257 g/mol. The summed E-state index contributed by atoms with van der Waals surface area (Å²) < 4.78 is 5.49. The molecule has 2 nitrogen and oxygen atoms in total. The summed E-state index contributed by atoms with van der Waals surface area (Å²) in [4.78, 5) is 0. The maximum atomic E-state index is 5.49. The summed E-state index contributed by atoms with van der Waals surface area (Å²) in [5.74, 6) is 0.974. The van der Waals surface area contributed by atoms with Gasteiger partial charge >= 0.3 is 0 Å². The van der Waals surface area contributed by atoms with Crippen molar-refractivity contribution in [3.63, 3.8) is 0 Å².